The molecule has 180 valence electrons. The van der Waals surface area contributed by atoms with E-state index in [1.165, 1.54) is 19.2 Å². The van der Waals surface area contributed by atoms with Crippen LogP contribution in [0.5, 0.6) is 11.5 Å². The van der Waals surface area contributed by atoms with E-state index in [1.807, 2.05) is 0 Å². The van der Waals surface area contributed by atoms with E-state index in [1.54, 1.807) is 18.2 Å². The second kappa shape index (κ2) is 8.49. The van der Waals surface area contributed by atoms with Crippen LogP contribution in [0.2, 0.25) is 0 Å². The van der Waals surface area contributed by atoms with Crippen LogP contribution in [0.4, 0.5) is 18.9 Å². The predicted molar refractivity (Wildman–Crippen MR) is 115 cm³/mol. The van der Waals surface area contributed by atoms with Crippen molar-refractivity contribution in [2.75, 3.05) is 11.3 Å². The normalized spacial score (nSPS) is 18.7. The lowest BCUT2D eigenvalue weighted by Gasteiger charge is -2.30. The van der Waals surface area contributed by atoms with Crippen molar-refractivity contribution in [3.63, 3.8) is 0 Å². The Morgan fingerprint density at radius 2 is 1.85 bits per heavy atom. The number of imidazole rings is 1. The van der Waals surface area contributed by atoms with Gasteiger partial charge in [-0.1, -0.05) is 12.8 Å². The first-order valence-electron chi connectivity index (χ1n) is 10.7. The highest BCUT2D eigenvalue weighted by Crippen LogP contribution is 2.39. The van der Waals surface area contributed by atoms with E-state index in [4.69, 9.17) is 9.47 Å². The molecule has 1 fully saturated rings. The summed E-state index contributed by atoms with van der Waals surface area (Å²) < 4.78 is 80.1. The molecule has 1 N–H and O–H groups in total. The Morgan fingerprint density at radius 3 is 2.56 bits per heavy atom. The summed E-state index contributed by atoms with van der Waals surface area (Å²) in [5, 5.41) is -0.279. The summed E-state index contributed by atoms with van der Waals surface area (Å²) in [6.45, 7) is 0.460. The minimum absolute atomic E-state index is 0.0209. The molecule has 3 aromatic rings. The monoisotopic (exact) mass is 494 g/mol. The smallest absolute Gasteiger partial charge is 0.417 e. The van der Waals surface area contributed by atoms with Crippen LogP contribution in [0.3, 0.4) is 0 Å². The molecule has 1 aromatic carbocycles. The van der Waals surface area contributed by atoms with E-state index < -0.39 is 21.8 Å². The minimum atomic E-state index is -4.55. The quantitative estimate of drug-likeness (QED) is 0.564. The summed E-state index contributed by atoms with van der Waals surface area (Å²) in [5.74, 6) is 1.39. The molecule has 0 radical (unpaired) electrons. The van der Waals surface area contributed by atoms with E-state index in [0.717, 1.165) is 35.7 Å². The first-order chi connectivity index (χ1) is 16.2. The van der Waals surface area contributed by atoms with Gasteiger partial charge < -0.3 is 9.47 Å². The fourth-order valence-corrected chi connectivity index (χ4v) is 5.41. The van der Waals surface area contributed by atoms with Gasteiger partial charge in [-0.2, -0.15) is 21.6 Å². The lowest BCUT2D eigenvalue weighted by atomic mass is 10.0. The predicted octanol–water partition coefficient (Wildman–Crippen LogP) is 4.42. The van der Waals surface area contributed by atoms with E-state index in [2.05, 4.69) is 14.7 Å². The number of anilines is 1. The first kappa shape index (κ1) is 22.5. The fourth-order valence-electron chi connectivity index (χ4n) is 4.27. The van der Waals surface area contributed by atoms with Crippen LogP contribution in [0.25, 0.3) is 5.82 Å². The lowest BCUT2D eigenvalue weighted by Crippen LogP contribution is -2.35. The van der Waals surface area contributed by atoms with Gasteiger partial charge in [-0.15, -0.1) is 0 Å². The molecule has 5 rings (SSSR count). The van der Waals surface area contributed by atoms with Crippen LogP contribution in [0, 0.1) is 5.92 Å². The third-order valence-electron chi connectivity index (χ3n) is 6.00. The summed E-state index contributed by atoms with van der Waals surface area (Å²) in [5.41, 5.74) is -0.686. The fraction of sp³-hybridized carbons (Fsp3) is 0.364. The maximum absolute atomic E-state index is 13.1. The third-order valence-corrected chi connectivity index (χ3v) is 7.36. The zero-order chi connectivity index (χ0) is 23.9. The van der Waals surface area contributed by atoms with Crippen molar-refractivity contribution < 1.29 is 31.1 Å². The molecule has 0 amide bonds. The molecule has 12 heteroatoms. The Bertz CT molecular complexity index is 1290. The number of nitrogens with one attached hydrogen (secondary N) is 1. The highest BCUT2D eigenvalue weighted by molar-refractivity contribution is 7.92. The zero-order valence-electron chi connectivity index (χ0n) is 17.8. The van der Waals surface area contributed by atoms with Crippen molar-refractivity contribution in [2.24, 2.45) is 5.92 Å². The van der Waals surface area contributed by atoms with Crippen LogP contribution in [-0.4, -0.2) is 35.7 Å². The van der Waals surface area contributed by atoms with E-state index in [9.17, 15) is 21.6 Å². The van der Waals surface area contributed by atoms with Gasteiger partial charge in [-0.3, -0.25) is 9.29 Å². The number of rotatable bonds is 5. The molecule has 1 aliphatic carbocycles. The molecule has 0 bridgehead atoms. The summed E-state index contributed by atoms with van der Waals surface area (Å²) >= 11 is 0. The number of aromatic nitrogens is 3. The molecular formula is C22H21F3N4O4S. The molecule has 1 aliphatic heterocycles. The van der Waals surface area contributed by atoms with Gasteiger partial charge in [-0.25, -0.2) is 9.97 Å². The molecule has 2 aromatic heterocycles. The van der Waals surface area contributed by atoms with Crippen LogP contribution >= 0.6 is 0 Å². The van der Waals surface area contributed by atoms with E-state index in [-0.39, 0.29) is 22.6 Å². The SMILES string of the molecule is O=S(=O)(Nc1ccc2c(c1)OC(C1CCCC1)CO2)c1cncn1-c1ccc(C(F)(F)F)cn1. The zero-order valence-corrected chi connectivity index (χ0v) is 18.6. The number of hydrogen-bond donors (Lipinski definition) is 1. The molecule has 34 heavy (non-hydrogen) atoms. The van der Waals surface area contributed by atoms with Crippen molar-refractivity contribution in [3.8, 4) is 17.3 Å². The number of sulfonamides is 1. The number of nitrogens with zero attached hydrogens (tertiary/aromatic N) is 3. The summed E-state index contributed by atoms with van der Waals surface area (Å²) in [7, 11) is -4.15. The number of pyridine rings is 1. The molecule has 8 nitrogen and oxygen atoms in total. The summed E-state index contributed by atoms with van der Waals surface area (Å²) in [4.78, 5) is 7.59. The Hall–Kier alpha value is -3.28. The van der Waals surface area contributed by atoms with Crippen molar-refractivity contribution in [3.05, 3.63) is 54.6 Å². The Labute approximate surface area is 193 Å². The largest absolute Gasteiger partial charge is 0.486 e. The van der Waals surface area contributed by atoms with E-state index in [0.29, 0.717) is 30.2 Å². The Morgan fingerprint density at radius 1 is 1.06 bits per heavy atom. The number of fused-ring (bicyclic) bond motifs is 1. The Kier molecular flexibility index (Phi) is 5.62. The van der Waals surface area contributed by atoms with Crippen LogP contribution < -0.4 is 14.2 Å². The number of halogens is 3. The van der Waals surface area contributed by atoms with Gasteiger partial charge in [0.1, 0.15) is 24.9 Å². The van der Waals surface area contributed by atoms with Gasteiger partial charge in [-0.05, 0) is 43.0 Å². The highest BCUT2D eigenvalue weighted by Gasteiger charge is 2.32. The first-order valence-corrected chi connectivity index (χ1v) is 12.2. The maximum Gasteiger partial charge on any atom is 0.417 e. The summed E-state index contributed by atoms with van der Waals surface area (Å²) in [6, 6.07) is 6.65. The number of ether oxygens (including phenoxy) is 2. The van der Waals surface area contributed by atoms with Gasteiger partial charge in [0.25, 0.3) is 10.0 Å². The second-order valence-electron chi connectivity index (χ2n) is 8.28. The average Bonchev–Trinajstić information content (AvgIpc) is 3.51. The van der Waals surface area contributed by atoms with Crippen molar-refractivity contribution in [1.82, 2.24) is 14.5 Å². The van der Waals surface area contributed by atoms with Crippen molar-refractivity contribution >= 4 is 15.7 Å². The number of benzene rings is 1. The standard InChI is InChI=1S/C22H21F3N4O4S/c23-22(24,25)15-5-8-20(27-10-15)29-13-26-11-21(29)34(30,31)28-16-6-7-17-18(9-16)33-19(12-32-17)14-3-1-2-4-14/h5-11,13-14,19,28H,1-4,12H2. The molecule has 0 saturated heterocycles. The topological polar surface area (TPSA) is 95.3 Å². The third kappa shape index (κ3) is 4.41. The number of hydrogen-bond acceptors (Lipinski definition) is 6. The van der Waals surface area contributed by atoms with Crippen molar-refractivity contribution in [2.45, 2.75) is 43.0 Å². The second-order valence-corrected chi connectivity index (χ2v) is 9.91. The van der Waals surface area contributed by atoms with Gasteiger partial charge in [0.2, 0.25) is 0 Å². The van der Waals surface area contributed by atoms with Crippen LogP contribution in [0.15, 0.2) is 54.1 Å². The van der Waals surface area contributed by atoms with Gasteiger partial charge in [0.15, 0.2) is 16.5 Å². The van der Waals surface area contributed by atoms with Crippen LogP contribution in [0.1, 0.15) is 31.2 Å². The summed E-state index contributed by atoms with van der Waals surface area (Å²) in [6.07, 6.45) is 2.77. The molecule has 2 aliphatic rings. The van der Waals surface area contributed by atoms with Gasteiger partial charge in [0, 0.05) is 12.3 Å². The molecule has 3 heterocycles. The molecule has 1 unspecified atom stereocenters. The molecule has 0 spiro atoms. The highest BCUT2D eigenvalue weighted by atomic mass is 32.2. The van der Waals surface area contributed by atoms with E-state index >= 15 is 0 Å². The van der Waals surface area contributed by atoms with Crippen molar-refractivity contribution in [1.29, 1.82) is 0 Å². The molecular weight excluding hydrogens is 473 g/mol. The van der Waals surface area contributed by atoms with Gasteiger partial charge >= 0.3 is 6.18 Å². The molecule has 1 atom stereocenters. The maximum atomic E-state index is 13.1. The van der Waals surface area contributed by atoms with Gasteiger partial charge in [0.05, 0.1) is 17.4 Å². The number of alkyl halides is 3. The minimum Gasteiger partial charge on any atom is -0.486 e. The molecule has 1 saturated carbocycles. The lowest BCUT2D eigenvalue weighted by molar-refractivity contribution is -0.137. The van der Waals surface area contributed by atoms with Crippen LogP contribution in [-0.2, 0) is 16.2 Å². The average molecular weight is 494 g/mol. The Balaban J connectivity index is 1.37.